The molecule has 1 N–H and O–H groups in total. The van der Waals surface area contributed by atoms with E-state index < -0.39 is 11.8 Å². The summed E-state index contributed by atoms with van der Waals surface area (Å²) in [7, 11) is 0. The molecule has 0 aliphatic rings. The lowest BCUT2D eigenvalue weighted by molar-refractivity contribution is 0.0691. The minimum Gasteiger partial charge on any atom is -0.493 e. The van der Waals surface area contributed by atoms with Crippen LogP contribution in [-0.4, -0.2) is 17.7 Å². The Bertz CT molecular complexity index is 640. The van der Waals surface area contributed by atoms with E-state index in [2.05, 4.69) is 0 Å². The fourth-order valence-electron chi connectivity index (χ4n) is 1.87. The molecular weight excluding hydrogens is 275 g/mol. The van der Waals surface area contributed by atoms with E-state index in [4.69, 9.17) is 14.6 Å². The van der Waals surface area contributed by atoms with Crippen LogP contribution in [0.2, 0.25) is 0 Å². The maximum absolute atomic E-state index is 13.2. The van der Waals surface area contributed by atoms with E-state index in [0.717, 1.165) is 17.7 Å². The first-order chi connectivity index (χ1) is 10.1. The molecule has 0 atom stereocenters. The maximum Gasteiger partial charge on any atom is 0.339 e. The standard InChI is InChI=1S/C16H15FO4/c1-2-20-14-6-4-3-5-11(14)10-21-15-9-12(17)7-8-13(15)16(18)19/h3-9H,2,10H2,1H3,(H,18,19). The molecular formula is C16H15FO4. The summed E-state index contributed by atoms with van der Waals surface area (Å²) in [5.74, 6) is -1.06. The van der Waals surface area contributed by atoms with E-state index >= 15 is 0 Å². The van der Waals surface area contributed by atoms with E-state index in [9.17, 15) is 9.18 Å². The van der Waals surface area contributed by atoms with Crippen molar-refractivity contribution in [1.29, 1.82) is 0 Å². The number of benzene rings is 2. The monoisotopic (exact) mass is 290 g/mol. The van der Waals surface area contributed by atoms with Gasteiger partial charge in [-0.25, -0.2) is 9.18 Å². The number of carbonyl (C=O) groups is 1. The van der Waals surface area contributed by atoms with Gasteiger partial charge >= 0.3 is 5.97 Å². The van der Waals surface area contributed by atoms with Gasteiger partial charge in [-0.05, 0) is 25.1 Å². The van der Waals surface area contributed by atoms with Crippen molar-refractivity contribution in [2.45, 2.75) is 13.5 Å². The van der Waals surface area contributed by atoms with Crippen molar-refractivity contribution in [1.82, 2.24) is 0 Å². The molecule has 2 aromatic rings. The third kappa shape index (κ3) is 3.72. The first kappa shape index (κ1) is 14.8. The molecule has 0 aromatic heterocycles. The van der Waals surface area contributed by atoms with Gasteiger partial charge in [0.05, 0.1) is 6.61 Å². The zero-order valence-electron chi connectivity index (χ0n) is 11.5. The fraction of sp³-hybridized carbons (Fsp3) is 0.188. The zero-order valence-corrected chi connectivity index (χ0v) is 11.5. The summed E-state index contributed by atoms with van der Waals surface area (Å²) in [6.07, 6.45) is 0. The highest BCUT2D eigenvalue weighted by Gasteiger charge is 2.13. The highest BCUT2D eigenvalue weighted by molar-refractivity contribution is 5.90. The van der Waals surface area contributed by atoms with Gasteiger partial charge in [0.1, 0.15) is 29.5 Å². The number of halogens is 1. The molecule has 110 valence electrons. The number of para-hydroxylation sites is 1. The van der Waals surface area contributed by atoms with Crippen molar-refractivity contribution in [2.24, 2.45) is 0 Å². The molecule has 2 aromatic carbocycles. The van der Waals surface area contributed by atoms with Gasteiger partial charge < -0.3 is 14.6 Å². The maximum atomic E-state index is 13.2. The van der Waals surface area contributed by atoms with Crippen LogP contribution in [0.15, 0.2) is 42.5 Å². The van der Waals surface area contributed by atoms with Gasteiger partial charge in [0.15, 0.2) is 0 Å². The average molecular weight is 290 g/mol. The first-order valence-corrected chi connectivity index (χ1v) is 6.48. The molecule has 0 saturated carbocycles. The van der Waals surface area contributed by atoms with E-state index in [1.165, 1.54) is 6.07 Å². The second-order valence-corrected chi connectivity index (χ2v) is 4.28. The van der Waals surface area contributed by atoms with Crippen molar-refractivity contribution in [3.8, 4) is 11.5 Å². The number of hydrogen-bond acceptors (Lipinski definition) is 3. The van der Waals surface area contributed by atoms with Crippen LogP contribution in [-0.2, 0) is 6.61 Å². The Morgan fingerprint density at radius 2 is 1.90 bits per heavy atom. The summed E-state index contributed by atoms with van der Waals surface area (Å²) in [5, 5.41) is 9.07. The molecule has 0 unspecified atom stereocenters. The van der Waals surface area contributed by atoms with Gasteiger partial charge in [0, 0.05) is 11.6 Å². The van der Waals surface area contributed by atoms with Crippen molar-refractivity contribution in [3.63, 3.8) is 0 Å². The summed E-state index contributed by atoms with van der Waals surface area (Å²) >= 11 is 0. The van der Waals surface area contributed by atoms with Crippen molar-refractivity contribution < 1.29 is 23.8 Å². The van der Waals surface area contributed by atoms with E-state index in [1.807, 2.05) is 25.1 Å². The topological polar surface area (TPSA) is 55.8 Å². The van der Waals surface area contributed by atoms with Crippen LogP contribution in [0, 0.1) is 5.82 Å². The van der Waals surface area contributed by atoms with Gasteiger partial charge in [-0.15, -0.1) is 0 Å². The van der Waals surface area contributed by atoms with Crippen LogP contribution in [0.4, 0.5) is 4.39 Å². The minimum atomic E-state index is -1.16. The number of carboxylic acid groups (broad SMARTS) is 1. The minimum absolute atomic E-state index is 0.00574. The number of ether oxygens (including phenoxy) is 2. The van der Waals surface area contributed by atoms with Gasteiger partial charge in [-0.3, -0.25) is 0 Å². The highest BCUT2D eigenvalue weighted by atomic mass is 19.1. The van der Waals surface area contributed by atoms with Crippen LogP contribution in [0.25, 0.3) is 0 Å². The summed E-state index contributed by atoms with van der Waals surface area (Å²) in [6, 6.07) is 10.6. The molecule has 4 nitrogen and oxygen atoms in total. The molecule has 0 amide bonds. The molecule has 0 aliphatic carbocycles. The van der Waals surface area contributed by atoms with Crippen molar-refractivity contribution >= 4 is 5.97 Å². The zero-order chi connectivity index (χ0) is 15.2. The fourth-order valence-corrected chi connectivity index (χ4v) is 1.87. The summed E-state index contributed by atoms with van der Waals surface area (Å²) in [5.41, 5.74) is 0.685. The number of carboxylic acids is 1. The SMILES string of the molecule is CCOc1ccccc1COc1cc(F)ccc1C(=O)O. The number of hydrogen-bond donors (Lipinski definition) is 1. The Morgan fingerprint density at radius 1 is 1.14 bits per heavy atom. The second-order valence-electron chi connectivity index (χ2n) is 4.28. The smallest absolute Gasteiger partial charge is 0.339 e. The average Bonchev–Trinajstić information content (AvgIpc) is 2.46. The summed E-state index contributed by atoms with van der Waals surface area (Å²) in [6.45, 7) is 2.48. The van der Waals surface area contributed by atoms with E-state index in [1.54, 1.807) is 6.07 Å². The third-order valence-corrected chi connectivity index (χ3v) is 2.83. The molecule has 0 saturated heterocycles. The van der Waals surface area contributed by atoms with Gasteiger partial charge in [0.25, 0.3) is 0 Å². The number of rotatable bonds is 6. The molecule has 0 heterocycles. The molecule has 21 heavy (non-hydrogen) atoms. The Hall–Kier alpha value is -2.56. The predicted molar refractivity (Wildman–Crippen MR) is 75.3 cm³/mol. The Balaban J connectivity index is 2.20. The third-order valence-electron chi connectivity index (χ3n) is 2.83. The normalized spacial score (nSPS) is 10.2. The second kappa shape index (κ2) is 6.74. The molecule has 0 bridgehead atoms. The quantitative estimate of drug-likeness (QED) is 0.884. The van der Waals surface area contributed by atoms with Crippen LogP contribution >= 0.6 is 0 Å². The molecule has 2 rings (SSSR count). The summed E-state index contributed by atoms with van der Waals surface area (Å²) in [4.78, 5) is 11.1. The lowest BCUT2D eigenvalue weighted by Crippen LogP contribution is -2.05. The number of aromatic carboxylic acids is 1. The predicted octanol–water partition coefficient (Wildman–Crippen LogP) is 3.50. The summed E-state index contributed by atoms with van der Waals surface area (Å²) < 4.78 is 24.1. The van der Waals surface area contributed by atoms with Crippen LogP contribution in [0.5, 0.6) is 11.5 Å². The lowest BCUT2D eigenvalue weighted by atomic mass is 10.2. The van der Waals surface area contributed by atoms with Gasteiger partial charge in [0.2, 0.25) is 0 Å². The highest BCUT2D eigenvalue weighted by Crippen LogP contribution is 2.24. The molecule has 0 spiro atoms. The molecule has 0 aliphatic heterocycles. The van der Waals surface area contributed by atoms with E-state index in [-0.39, 0.29) is 17.9 Å². The molecule has 0 fully saturated rings. The largest absolute Gasteiger partial charge is 0.493 e. The van der Waals surface area contributed by atoms with Gasteiger partial charge in [-0.1, -0.05) is 18.2 Å². The van der Waals surface area contributed by atoms with Crippen LogP contribution in [0.1, 0.15) is 22.8 Å². The van der Waals surface area contributed by atoms with Crippen molar-refractivity contribution in [2.75, 3.05) is 6.61 Å². The molecule has 5 heteroatoms. The first-order valence-electron chi connectivity index (χ1n) is 6.48. The van der Waals surface area contributed by atoms with Crippen molar-refractivity contribution in [3.05, 3.63) is 59.4 Å². The Kier molecular flexibility index (Phi) is 4.77. The molecule has 0 radical (unpaired) electrons. The Morgan fingerprint density at radius 3 is 2.62 bits per heavy atom. The lowest BCUT2D eigenvalue weighted by Gasteiger charge is -2.12. The van der Waals surface area contributed by atoms with Crippen LogP contribution in [0.3, 0.4) is 0 Å². The van der Waals surface area contributed by atoms with Gasteiger partial charge in [-0.2, -0.15) is 0 Å². The van der Waals surface area contributed by atoms with Crippen LogP contribution < -0.4 is 9.47 Å². The van der Waals surface area contributed by atoms with E-state index in [0.29, 0.717) is 12.4 Å². The Labute approximate surface area is 121 Å².